The van der Waals surface area contributed by atoms with Gasteiger partial charge in [0.2, 0.25) is 0 Å². The molecular weight excluding hydrogens is 234 g/mol. The molecule has 1 N–H and O–H groups in total. The van der Waals surface area contributed by atoms with Gasteiger partial charge in [0.1, 0.15) is 5.54 Å². The van der Waals surface area contributed by atoms with Gasteiger partial charge in [-0.15, -0.1) is 0 Å². The van der Waals surface area contributed by atoms with Crippen molar-refractivity contribution >= 4 is 0 Å². The Labute approximate surface area is 119 Å². The predicted octanol–water partition coefficient (Wildman–Crippen LogP) is 3.17. The highest BCUT2D eigenvalue weighted by molar-refractivity contribution is 5.06. The van der Waals surface area contributed by atoms with E-state index in [1.165, 1.54) is 19.4 Å². The summed E-state index contributed by atoms with van der Waals surface area (Å²) in [5.41, 5.74) is -0.419. The number of nitrogens with zero attached hydrogens (tertiary/aromatic N) is 2. The third kappa shape index (κ3) is 4.47. The van der Waals surface area contributed by atoms with Crippen LogP contribution in [0.1, 0.15) is 60.8 Å². The standard InChI is InChI=1S/C16H31N3/c1-12(2)15-8-7-9-19(15)14(5)10-16(6,11-17)18-13(3)4/h12-15,18H,7-10H2,1-6H3. The van der Waals surface area contributed by atoms with E-state index in [0.717, 1.165) is 6.42 Å². The zero-order valence-corrected chi connectivity index (χ0v) is 13.5. The maximum atomic E-state index is 9.47. The lowest BCUT2D eigenvalue weighted by atomic mass is 9.92. The predicted molar refractivity (Wildman–Crippen MR) is 80.9 cm³/mol. The van der Waals surface area contributed by atoms with Gasteiger partial charge in [0.25, 0.3) is 0 Å². The van der Waals surface area contributed by atoms with E-state index in [1.807, 2.05) is 6.92 Å². The van der Waals surface area contributed by atoms with Crippen LogP contribution in [0, 0.1) is 17.2 Å². The zero-order chi connectivity index (χ0) is 14.6. The molecule has 3 atom stereocenters. The van der Waals surface area contributed by atoms with Crippen LogP contribution in [0.15, 0.2) is 0 Å². The Kier molecular flexibility index (Phi) is 5.82. The quantitative estimate of drug-likeness (QED) is 0.802. The summed E-state index contributed by atoms with van der Waals surface area (Å²) in [4.78, 5) is 2.61. The third-order valence-electron chi connectivity index (χ3n) is 4.24. The van der Waals surface area contributed by atoms with Crippen molar-refractivity contribution in [2.75, 3.05) is 6.54 Å². The van der Waals surface area contributed by atoms with E-state index in [4.69, 9.17) is 0 Å². The van der Waals surface area contributed by atoms with Crippen LogP contribution in [0.3, 0.4) is 0 Å². The number of hydrogen-bond donors (Lipinski definition) is 1. The maximum Gasteiger partial charge on any atom is 0.105 e. The molecule has 0 amide bonds. The monoisotopic (exact) mass is 265 g/mol. The minimum Gasteiger partial charge on any atom is -0.297 e. The first kappa shape index (κ1) is 16.5. The second-order valence-electron chi connectivity index (χ2n) is 6.99. The molecule has 1 rings (SSSR count). The topological polar surface area (TPSA) is 39.1 Å². The van der Waals surface area contributed by atoms with Gasteiger partial charge < -0.3 is 0 Å². The molecule has 3 nitrogen and oxygen atoms in total. The van der Waals surface area contributed by atoms with Gasteiger partial charge in [-0.05, 0) is 59.4 Å². The first-order chi connectivity index (χ1) is 8.79. The van der Waals surface area contributed by atoms with Crippen LogP contribution < -0.4 is 5.32 Å². The lowest BCUT2D eigenvalue weighted by molar-refractivity contribution is 0.132. The lowest BCUT2D eigenvalue weighted by Crippen LogP contribution is -2.51. The fourth-order valence-electron chi connectivity index (χ4n) is 3.56. The van der Waals surface area contributed by atoms with E-state index in [-0.39, 0.29) is 0 Å². The van der Waals surface area contributed by atoms with Crippen LogP contribution in [0.4, 0.5) is 0 Å². The van der Waals surface area contributed by atoms with E-state index in [1.54, 1.807) is 0 Å². The number of hydrogen-bond acceptors (Lipinski definition) is 3. The molecule has 0 bridgehead atoms. The van der Waals surface area contributed by atoms with Crippen molar-refractivity contribution in [1.82, 2.24) is 10.2 Å². The molecule has 1 fully saturated rings. The molecule has 0 aliphatic carbocycles. The molecular formula is C16H31N3. The fourth-order valence-corrected chi connectivity index (χ4v) is 3.56. The van der Waals surface area contributed by atoms with E-state index < -0.39 is 5.54 Å². The highest BCUT2D eigenvalue weighted by Crippen LogP contribution is 2.28. The van der Waals surface area contributed by atoms with Gasteiger partial charge in [-0.25, -0.2) is 0 Å². The summed E-state index contributed by atoms with van der Waals surface area (Å²) in [7, 11) is 0. The fraction of sp³-hybridized carbons (Fsp3) is 0.938. The molecule has 3 heteroatoms. The normalized spacial score (nSPS) is 25.5. The number of nitriles is 1. The Morgan fingerprint density at radius 2 is 1.95 bits per heavy atom. The summed E-state index contributed by atoms with van der Waals surface area (Å²) in [6.45, 7) is 14.3. The van der Waals surface area contributed by atoms with E-state index in [2.05, 4.69) is 50.9 Å². The zero-order valence-electron chi connectivity index (χ0n) is 13.5. The molecule has 1 aliphatic heterocycles. The van der Waals surface area contributed by atoms with E-state index in [0.29, 0.717) is 24.0 Å². The van der Waals surface area contributed by atoms with Gasteiger partial charge in [-0.3, -0.25) is 10.2 Å². The van der Waals surface area contributed by atoms with Gasteiger partial charge in [0, 0.05) is 18.1 Å². The number of nitrogens with one attached hydrogen (secondary N) is 1. The van der Waals surface area contributed by atoms with Crippen LogP contribution in [0.5, 0.6) is 0 Å². The average molecular weight is 265 g/mol. The highest BCUT2D eigenvalue weighted by atomic mass is 15.2. The first-order valence-corrected chi connectivity index (χ1v) is 7.74. The molecule has 0 spiro atoms. The summed E-state index contributed by atoms with van der Waals surface area (Å²) in [5, 5.41) is 12.9. The summed E-state index contributed by atoms with van der Waals surface area (Å²) < 4.78 is 0. The van der Waals surface area contributed by atoms with Crippen LogP contribution in [-0.4, -0.2) is 35.1 Å². The Bertz CT molecular complexity index is 318. The molecule has 0 radical (unpaired) electrons. The van der Waals surface area contributed by atoms with Crippen LogP contribution >= 0.6 is 0 Å². The molecule has 1 aliphatic rings. The largest absolute Gasteiger partial charge is 0.297 e. The molecule has 3 unspecified atom stereocenters. The Morgan fingerprint density at radius 1 is 1.32 bits per heavy atom. The number of likely N-dealkylation sites (tertiary alicyclic amines) is 1. The van der Waals surface area contributed by atoms with Gasteiger partial charge in [-0.1, -0.05) is 13.8 Å². The van der Waals surface area contributed by atoms with E-state index >= 15 is 0 Å². The van der Waals surface area contributed by atoms with Crippen molar-refractivity contribution in [3.8, 4) is 6.07 Å². The minimum absolute atomic E-state index is 0.344. The van der Waals surface area contributed by atoms with Crippen molar-refractivity contribution in [2.24, 2.45) is 5.92 Å². The molecule has 1 saturated heterocycles. The third-order valence-corrected chi connectivity index (χ3v) is 4.24. The van der Waals surface area contributed by atoms with Gasteiger partial charge in [-0.2, -0.15) is 5.26 Å². The van der Waals surface area contributed by atoms with Gasteiger partial charge >= 0.3 is 0 Å². The summed E-state index contributed by atoms with van der Waals surface area (Å²) in [5.74, 6) is 0.705. The summed E-state index contributed by atoms with van der Waals surface area (Å²) in [6, 6.07) is 3.97. The van der Waals surface area contributed by atoms with Crippen LogP contribution in [0.2, 0.25) is 0 Å². The van der Waals surface area contributed by atoms with Crippen molar-refractivity contribution in [3.63, 3.8) is 0 Å². The molecule has 0 saturated carbocycles. The Hall–Kier alpha value is -0.590. The number of rotatable bonds is 6. The Balaban J connectivity index is 2.67. The van der Waals surface area contributed by atoms with Crippen LogP contribution in [0.25, 0.3) is 0 Å². The maximum absolute atomic E-state index is 9.47. The average Bonchev–Trinajstić information content (AvgIpc) is 2.76. The molecule has 19 heavy (non-hydrogen) atoms. The minimum atomic E-state index is -0.419. The smallest absolute Gasteiger partial charge is 0.105 e. The van der Waals surface area contributed by atoms with Gasteiger partial charge in [0.15, 0.2) is 0 Å². The van der Waals surface area contributed by atoms with Crippen molar-refractivity contribution in [3.05, 3.63) is 0 Å². The highest BCUT2D eigenvalue weighted by Gasteiger charge is 2.35. The second-order valence-corrected chi connectivity index (χ2v) is 6.99. The first-order valence-electron chi connectivity index (χ1n) is 7.74. The SMILES string of the molecule is CC(C)NC(C)(C#N)CC(C)N1CCCC1C(C)C. The second kappa shape index (κ2) is 6.72. The Morgan fingerprint density at radius 3 is 2.42 bits per heavy atom. The van der Waals surface area contributed by atoms with Crippen LogP contribution in [-0.2, 0) is 0 Å². The van der Waals surface area contributed by atoms with E-state index in [9.17, 15) is 5.26 Å². The molecule has 110 valence electrons. The summed E-state index contributed by atoms with van der Waals surface area (Å²) >= 11 is 0. The molecule has 0 aromatic rings. The van der Waals surface area contributed by atoms with Crippen molar-refractivity contribution < 1.29 is 0 Å². The molecule has 0 aromatic heterocycles. The van der Waals surface area contributed by atoms with Crippen molar-refractivity contribution in [1.29, 1.82) is 5.26 Å². The van der Waals surface area contributed by atoms with Crippen molar-refractivity contribution in [2.45, 2.75) is 84.5 Å². The lowest BCUT2D eigenvalue weighted by Gasteiger charge is -2.37. The molecule has 0 aromatic carbocycles. The van der Waals surface area contributed by atoms with Gasteiger partial charge in [0.05, 0.1) is 6.07 Å². The summed E-state index contributed by atoms with van der Waals surface area (Å²) in [6.07, 6.45) is 3.50. The molecule has 1 heterocycles.